The number of ketones is 2. The molecule has 1 heterocycles. The second-order valence-electron chi connectivity index (χ2n) is 5.15. The zero-order valence-electron chi connectivity index (χ0n) is 11.8. The highest BCUT2D eigenvalue weighted by molar-refractivity contribution is 6.31. The van der Waals surface area contributed by atoms with Gasteiger partial charge in [0.05, 0.1) is 10.7 Å². The Balaban J connectivity index is 1.94. The third-order valence-electron chi connectivity index (χ3n) is 3.72. The van der Waals surface area contributed by atoms with Gasteiger partial charge in [0.25, 0.3) is 0 Å². The Kier molecular flexibility index (Phi) is 3.07. The van der Waals surface area contributed by atoms with Crippen LogP contribution in [0.2, 0.25) is 5.02 Å². The van der Waals surface area contributed by atoms with Crippen molar-refractivity contribution in [2.45, 2.75) is 0 Å². The van der Waals surface area contributed by atoms with E-state index in [4.69, 9.17) is 11.6 Å². The van der Waals surface area contributed by atoms with Crippen molar-refractivity contribution in [3.63, 3.8) is 0 Å². The van der Waals surface area contributed by atoms with Gasteiger partial charge < -0.3 is 0 Å². The maximum atomic E-state index is 13.5. The van der Waals surface area contributed by atoms with Crippen LogP contribution in [-0.2, 0) is 0 Å². The van der Waals surface area contributed by atoms with Crippen molar-refractivity contribution >= 4 is 23.2 Å². The molecule has 3 aromatic rings. The summed E-state index contributed by atoms with van der Waals surface area (Å²) < 4.78 is 27.9. The molecule has 1 aromatic heterocycles. The average molecular weight is 346 g/mol. The van der Waals surface area contributed by atoms with Crippen molar-refractivity contribution in [1.29, 1.82) is 0 Å². The third kappa shape index (κ3) is 1.98. The smallest absolute Gasteiger partial charge is 0.216 e. The van der Waals surface area contributed by atoms with E-state index in [1.165, 1.54) is 18.2 Å². The van der Waals surface area contributed by atoms with Gasteiger partial charge in [-0.15, -0.1) is 5.10 Å². The summed E-state index contributed by atoms with van der Waals surface area (Å²) in [6.45, 7) is 0. The number of carbonyl (C=O) groups is 2. The van der Waals surface area contributed by atoms with E-state index in [0.717, 1.165) is 22.9 Å². The number of carbonyl (C=O) groups excluding carboxylic acids is 2. The maximum absolute atomic E-state index is 13.5. The number of hydrogen-bond acceptors (Lipinski definition) is 4. The number of benzene rings is 2. The van der Waals surface area contributed by atoms with Crippen LogP contribution in [0.25, 0.3) is 5.69 Å². The van der Waals surface area contributed by atoms with Crippen LogP contribution in [0, 0.1) is 11.6 Å². The molecule has 0 radical (unpaired) electrons. The van der Waals surface area contributed by atoms with Gasteiger partial charge in [-0.2, -0.15) is 0 Å². The van der Waals surface area contributed by atoms with Gasteiger partial charge in [-0.05, 0) is 36.4 Å². The van der Waals surface area contributed by atoms with Gasteiger partial charge in [0, 0.05) is 11.1 Å². The van der Waals surface area contributed by atoms with E-state index in [0.29, 0.717) is 0 Å². The fraction of sp³-hybridized carbons (Fsp3) is 0. The van der Waals surface area contributed by atoms with Gasteiger partial charge in [-0.25, -0.2) is 13.5 Å². The summed E-state index contributed by atoms with van der Waals surface area (Å²) in [7, 11) is 0. The monoisotopic (exact) mass is 345 g/mol. The van der Waals surface area contributed by atoms with E-state index in [9.17, 15) is 18.4 Å². The van der Waals surface area contributed by atoms with Crippen LogP contribution in [0.15, 0.2) is 36.4 Å². The molecule has 0 atom stereocenters. The van der Waals surface area contributed by atoms with E-state index in [1.54, 1.807) is 0 Å². The highest BCUT2D eigenvalue weighted by Crippen LogP contribution is 2.28. The van der Waals surface area contributed by atoms with Crippen molar-refractivity contribution in [3.8, 4) is 5.69 Å². The van der Waals surface area contributed by atoms with Crippen molar-refractivity contribution in [1.82, 2.24) is 15.0 Å². The Morgan fingerprint density at radius 2 is 1.75 bits per heavy atom. The molecule has 0 saturated heterocycles. The van der Waals surface area contributed by atoms with E-state index in [1.807, 2.05) is 0 Å². The third-order valence-corrected chi connectivity index (χ3v) is 4.01. The fourth-order valence-corrected chi connectivity index (χ4v) is 2.77. The molecule has 0 unspecified atom stereocenters. The first-order valence-electron chi connectivity index (χ1n) is 6.77. The Hall–Kier alpha value is -2.93. The van der Waals surface area contributed by atoms with Crippen LogP contribution in [0.3, 0.4) is 0 Å². The molecule has 5 nitrogen and oxygen atoms in total. The molecule has 0 fully saturated rings. The van der Waals surface area contributed by atoms with Crippen LogP contribution in [0.4, 0.5) is 8.78 Å². The Bertz CT molecular complexity index is 1050. The first-order valence-corrected chi connectivity index (χ1v) is 7.15. The van der Waals surface area contributed by atoms with Crippen molar-refractivity contribution in [3.05, 3.63) is 75.6 Å². The highest BCUT2D eigenvalue weighted by atomic mass is 35.5. The molecule has 8 heteroatoms. The van der Waals surface area contributed by atoms with Crippen LogP contribution in [-0.4, -0.2) is 26.6 Å². The van der Waals surface area contributed by atoms with Crippen LogP contribution < -0.4 is 0 Å². The minimum atomic E-state index is -0.637. The maximum Gasteiger partial charge on any atom is 0.216 e. The lowest BCUT2D eigenvalue weighted by molar-refractivity contribution is 0.0972. The first kappa shape index (κ1) is 14.6. The summed E-state index contributed by atoms with van der Waals surface area (Å²) in [5.74, 6) is -2.39. The number of halogens is 3. The summed E-state index contributed by atoms with van der Waals surface area (Å²) in [4.78, 5) is 25.1. The van der Waals surface area contributed by atoms with Gasteiger partial charge in [0.1, 0.15) is 17.3 Å². The lowest BCUT2D eigenvalue weighted by Crippen LogP contribution is -2.23. The molecule has 0 spiro atoms. The zero-order chi connectivity index (χ0) is 17.0. The lowest BCUT2D eigenvalue weighted by atomic mass is 9.90. The van der Waals surface area contributed by atoms with Crippen molar-refractivity contribution in [2.24, 2.45) is 0 Å². The predicted molar refractivity (Wildman–Crippen MR) is 79.6 cm³/mol. The molecule has 0 N–H and O–H groups in total. The zero-order valence-corrected chi connectivity index (χ0v) is 12.5. The standard InChI is InChI=1S/C16H6ClF2N3O2/c17-11-6-8(2-4-12(11)19)22-14-13(20-21-22)15(23)9-3-1-7(18)5-10(9)16(14)24/h1-6H. The summed E-state index contributed by atoms with van der Waals surface area (Å²) >= 11 is 5.74. The molecule has 0 saturated carbocycles. The number of rotatable bonds is 1. The number of hydrogen-bond donors (Lipinski definition) is 0. The predicted octanol–water partition coefficient (Wildman–Crippen LogP) is 2.97. The van der Waals surface area contributed by atoms with E-state index >= 15 is 0 Å². The minimum absolute atomic E-state index is 0.0655. The van der Waals surface area contributed by atoms with Gasteiger partial charge in [0.15, 0.2) is 5.69 Å². The molecule has 0 bridgehead atoms. The Labute approximate surface area is 138 Å². The van der Waals surface area contributed by atoms with Crippen molar-refractivity contribution < 1.29 is 18.4 Å². The normalized spacial score (nSPS) is 13.0. The SMILES string of the molecule is O=C1c2ccc(F)cc2C(=O)c2c1nnn2-c1ccc(F)c(Cl)c1. The van der Waals surface area contributed by atoms with Gasteiger partial charge in [0.2, 0.25) is 11.6 Å². The molecule has 4 rings (SSSR count). The van der Waals surface area contributed by atoms with Gasteiger partial charge in [-0.1, -0.05) is 16.8 Å². The van der Waals surface area contributed by atoms with Gasteiger partial charge in [-0.3, -0.25) is 9.59 Å². The summed E-state index contributed by atoms with van der Waals surface area (Å²) in [6, 6.07) is 7.03. The van der Waals surface area contributed by atoms with E-state index in [2.05, 4.69) is 10.3 Å². The summed E-state index contributed by atoms with van der Waals surface area (Å²) in [5, 5.41) is 7.38. The quantitative estimate of drug-likeness (QED) is 0.532. The van der Waals surface area contributed by atoms with Crippen molar-refractivity contribution in [2.75, 3.05) is 0 Å². The summed E-state index contributed by atoms with van der Waals surface area (Å²) in [5.41, 5.74) is 0.0128. The average Bonchev–Trinajstić information content (AvgIpc) is 3.00. The fourth-order valence-electron chi connectivity index (χ4n) is 2.59. The number of nitrogens with zero attached hydrogens (tertiary/aromatic N) is 3. The molecule has 0 amide bonds. The molecule has 0 aliphatic heterocycles. The largest absolute Gasteiger partial charge is 0.287 e. The Morgan fingerprint density at radius 3 is 2.50 bits per heavy atom. The van der Waals surface area contributed by atoms with Crippen LogP contribution in [0.1, 0.15) is 32.1 Å². The Morgan fingerprint density at radius 1 is 0.958 bits per heavy atom. The molecular formula is C16H6ClF2N3O2. The van der Waals surface area contributed by atoms with Gasteiger partial charge >= 0.3 is 0 Å². The highest BCUT2D eigenvalue weighted by Gasteiger charge is 2.35. The minimum Gasteiger partial charge on any atom is -0.287 e. The van der Waals surface area contributed by atoms with Crippen LogP contribution >= 0.6 is 11.6 Å². The summed E-state index contributed by atoms with van der Waals surface area (Å²) in [6.07, 6.45) is 0. The number of fused-ring (bicyclic) bond motifs is 2. The van der Waals surface area contributed by atoms with E-state index < -0.39 is 23.2 Å². The van der Waals surface area contributed by atoms with E-state index in [-0.39, 0.29) is 33.2 Å². The molecule has 24 heavy (non-hydrogen) atoms. The first-order chi connectivity index (χ1) is 11.5. The molecule has 1 aliphatic carbocycles. The van der Waals surface area contributed by atoms with Crippen LogP contribution in [0.5, 0.6) is 0 Å². The topological polar surface area (TPSA) is 64.8 Å². The number of aromatic nitrogens is 3. The lowest BCUT2D eigenvalue weighted by Gasteiger charge is -2.14. The molecular weight excluding hydrogens is 340 g/mol. The molecule has 2 aromatic carbocycles. The molecule has 1 aliphatic rings. The molecule has 118 valence electrons. The second kappa shape index (κ2) is 5.04. The second-order valence-corrected chi connectivity index (χ2v) is 5.55.